The molecule has 7 nitrogen and oxygen atoms in total. The summed E-state index contributed by atoms with van der Waals surface area (Å²) in [4.78, 5) is 28.7. The number of Topliss-reactive ketones (excluding diaryl/α,β-unsaturated/α-hetero) is 1. The molecule has 0 aliphatic carbocycles. The predicted molar refractivity (Wildman–Crippen MR) is 123 cm³/mol. The molecule has 0 bridgehead atoms. The number of ketones is 1. The van der Waals surface area contributed by atoms with Gasteiger partial charge in [-0.15, -0.1) is 11.3 Å². The van der Waals surface area contributed by atoms with E-state index >= 15 is 0 Å². The van der Waals surface area contributed by atoms with Crippen LogP contribution in [-0.2, 0) is 16.1 Å². The van der Waals surface area contributed by atoms with Gasteiger partial charge in [0.05, 0.1) is 25.3 Å². The molecule has 1 amide bonds. The van der Waals surface area contributed by atoms with Crippen LogP contribution < -0.4 is 14.2 Å². The number of aliphatic hydroxyl groups excluding tert-OH is 1. The molecule has 3 aromatic rings. The molecule has 33 heavy (non-hydrogen) atoms. The first-order valence-corrected chi connectivity index (χ1v) is 11.3. The molecule has 5 rings (SSSR count). The van der Waals surface area contributed by atoms with E-state index in [1.54, 1.807) is 49.6 Å². The maximum absolute atomic E-state index is 13.2. The van der Waals surface area contributed by atoms with Crippen LogP contribution in [0.2, 0.25) is 0 Å². The van der Waals surface area contributed by atoms with Crippen molar-refractivity contribution in [2.24, 2.45) is 0 Å². The monoisotopic (exact) mass is 463 g/mol. The lowest BCUT2D eigenvalue weighted by Gasteiger charge is -2.25. The Balaban J connectivity index is 1.62. The number of rotatable bonds is 5. The quantitative estimate of drug-likeness (QED) is 0.348. The number of carbonyl (C=O) groups excluding carboxylic acids is 2. The van der Waals surface area contributed by atoms with Gasteiger partial charge < -0.3 is 24.2 Å². The van der Waals surface area contributed by atoms with Gasteiger partial charge in [0.15, 0.2) is 11.5 Å². The van der Waals surface area contributed by atoms with E-state index < -0.39 is 17.7 Å². The van der Waals surface area contributed by atoms with Gasteiger partial charge in [0.1, 0.15) is 24.7 Å². The molecule has 2 aliphatic rings. The molecule has 0 radical (unpaired) electrons. The van der Waals surface area contributed by atoms with E-state index in [2.05, 4.69) is 0 Å². The van der Waals surface area contributed by atoms with Crippen LogP contribution in [0.3, 0.4) is 0 Å². The summed E-state index contributed by atoms with van der Waals surface area (Å²) in [5.41, 5.74) is 1.12. The molecule has 0 saturated carbocycles. The van der Waals surface area contributed by atoms with Crippen molar-refractivity contribution in [1.82, 2.24) is 4.90 Å². The Hall–Kier alpha value is -3.78. The van der Waals surface area contributed by atoms with Crippen molar-refractivity contribution in [2.45, 2.75) is 12.6 Å². The van der Waals surface area contributed by atoms with E-state index in [1.165, 1.54) is 16.2 Å². The van der Waals surface area contributed by atoms with E-state index in [-0.39, 0.29) is 17.9 Å². The fourth-order valence-corrected chi connectivity index (χ4v) is 4.80. The van der Waals surface area contributed by atoms with Crippen LogP contribution in [0.5, 0.6) is 17.2 Å². The van der Waals surface area contributed by atoms with Crippen molar-refractivity contribution in [3.63, 3.8) is 0 Å². The van der Waals surface area contributed by atoms with Gasteiger partial charge >= 0.3 is 0 Å². The molecule has 1 saturated heterocycles. The van der Waals surface area contributed by atoms with Gasteiger partial charge in [-0.25, -0.2) is 0 Å². The van der Waals surface area contributed by atoms with Gasteiger partial charge in [-0.1, -0.05) is 18.2 Å². The van der Waals surface area contributed by atoms with Gasteiger partial charge in [0, 0.05) is 10.4 Å². The van der Waals surface area contributed by atoms with Crippen molar-refractivity contribution in [3.05, 3.63) is 81.6 Å². The highest BCUT2D eigenvalue weighted by atomic mass is 32.1. The fraction of sp³-hybridized carbons (Fsp3) is 0.200. The lowest BCUT2D eigenvalue weighted by molar-refractivity contribution is -0.140. The number of benzene rings is 2. The molecule has 1 aromatic heterocycles. The highest BCUT2D eigenvalue weighted by molar-refractivity contribution is 7.09. The van der Waals surface area contributed by atoms with Gasteiger partial charge in [0.25, 0.3) is 11.7 Å². The van der Waals surface area contributed by atoms with E-state index in [0.29, 0.717) is 41.6 Å². The first-order chi connectivity index (χ1) is 16.1. The van der Waals surface area contributed by atoms with Gasteiger partial charge in [0.2, 0.25) is 0 Å². The Kier molecular flexibility index (Phi) is 5.51. The van der Waals surface area contributed by atoms with Crippen molar-refractivity contribution < 1.29 is 28.9 Å². The second-order valence-corrected chi connectivity index (χ2v) is 8.67. The molecule has 1 N–H and O–H groups in total. The molecule has 2 aromatic carbocycles. The average Bonchev–Trinajstić information content (AvgIpc) is 3.46. The van der Waals surface area contributed by atoms with Crippen LogP contribution in [-0.4, -0.2) is 42.0 Å². The third kappa shape index (κ3) is 3.82. The van der Waals surface area contributed by atoms with Crippen LogP contribution in [0.15, 0.2) is 65.6 Å². The van der Waals surface area contributed by atoms with Gasteiger partial charge in [-0.2, -0.15) is 0 Å². The minimum atomic E-state index is -0.744. The summed E-state index contributed by atoms with van der Waals surface area (Å²) in [7, 11) is 1.57. The Bertz CT molecular complexity index is 1230. The lowest BCUT2D eigenvalue weighted by Crippen LogP contribution is -2.28. The lowest BCUT2D eigenvalue weighted by atomic mass is 9.95. The maximum atomic E-state index is 13.2. The summed E-state index contributed by atoms with van der Waals surface area (Å²) in [5, 5.41) is 13.2. The number of hydrogen-bond donors (Lipinski definition) is 1. The molecule has 2 aliphatic heterocycles. The Morgan fingerprint density at radius 2 is 1.85 bits per heavy atom. The summed E-state index contributed by atoms with van der Waals surface area (Å²) in [6.07, 6.45) is 0. The van der Waals surface area contributed by atoms with E-state index in [4.69, 9.17) is 14.2 Å². The average molecular weight is 464 g/mol. The molecule has 168 valence electrons. The van der Waals surface area contributed by atoms with Crippen molar-refractivity contribution in [2.75, 3.05) is 20.3 Å². The number of carbonyl (C=O) groups is 2. The number of thiophene rings is 1. The maximum Gasteiger partial charge on any atom is 0.295 e. The molecular formula is C25H21NO6S. The van der Waals surface area contributed by atoms with Crippen molar-refractivity contribution in [3.8, 4) is 17.2 Å². The van der Waals surface area contributed by atoms with Crippen LogP contribution in [0.25, 0.3) is 5.76 Å². The number of hydrogen-bond acceptors (Lipinski definition) is 7. The molecular weight excluding hydrogens is 442 g/mol. The van der Waals surface area contributed by atoms with E-state index in [9.17, 15) is 14.7 Å². The fourth-order valence-electron chi connectivity index (χ4n) is 4.09. The highest BCUT2D eigenvalue weighted by Crippen LogP contribution is 2.42. The summed E-state index contributed by atoms with van der Waals surface area (Å²) < 4.78 is 16.4. The zero-order valence-electron chi connectivity index (χ0n) is 17.8. The Morgan fingerprint density at radius 3 is 2.55 bits per heavy atom. The SMILES string of the molecule is COc1ccc(C2/C(=C(/O)c3ccc4c(c3)OCCO4)C(=O)C(=O)N2Cc2cccs2)cc1. The minimum absolute atomic E-state index is 0.0402. The van der Waals surface area contributed by atoms with Crippen LogP contribution in [0.1, 0.15) is 22.0 Å². The molecule has 1 atom stereocenters. The van der Waals surface area contributed by atoms with Crippen LogP contribution in [0, 0.1) is 0 Å². The molecule has 8 heteroatoms. The minimum Gasteiger partial charge on any atom is -0.507 e. The summed E-state index contributed by atoms with van der Waals surface area (Å²) >= 11 is 1.50. The number of aliphatic hydroxyl groups is 1. The standard InChI is InChI=1S/C25H21NO6S/c1-30-17-7-4-15(5-8-17)22-21(24(28)25(29)26(22)14-18-3-2-12-33-18)23(27)16-6-9-19-20(13-16)32-11-10-31-19/h2-9,12-13,22,27H,10-11,14H2,1H3/b23-21-. The molecule has 1 unspecified atom stereocenters. The highest BCUT2D eigenvalue weighted by Gasteiger charge is 2.46. The van der Waals surface area contributed by atoms with Crippen LogP contribution in [0.4, 0.5) is 0 Å². The molecule has 0 spiro atoms. The zero-order valence-corrected chi connectivity index (χ0v) is 18.6. The first-order valence-electron chi connectivity index (χ1n) is 10.4. The summed E-state index contributed by atoms with van der Waals surface area (Å²) in [6.45, 7) is 1.11. The largest absolute Gasteiger partial charge is 0.507 e. The smallest absolute Gasteiger partial charge is 0.295 e. The third-order valence-corrected chi connectivity index (χ3v) is 6.55. The number of nitrogens with zero attached hydrogens (tertiary/aromatic N) is 1. The predicted octanol–water partition coefficient (Wildman–Crippen LogP) is 4.15. The summed E-state index contributed by atoms with van der Waals surface area (Å²) in [5.74, 6) is 0.0884. The number of methoxy groups -OCH3 is 1. The second kappa shape index (κ2) is 8.63. The van der Waals surface area contributed by atoms with Crippen molar-refractivity contribution in [1.29, 1.82) is 0 Å². The molecule has 1 fully saturated rings. The van der Waals surface area contributed by atoms with E-state index in [1.807, 2.05) is 17.5 Å². The topological polar surface area (TPSA) is 85.3 Å². The number of fused-ring (bicyclic) bond motifs is 1. The van der Waals surface area contributed by atoms with Gasteiger partial charge in [-0.05, 0) is 47.3 Å². The first kappa shape index (κ1) is 21.1. The second-order valence-electron chi connectivity index (χ2n) is 7.64. The number of ether oxygens (including phenoxy) is 3. The normalized spacial score (nSPS) is 19.1. The van der Waals surface area contributed by atoms with Gasteiger partial charge in [-0.3, -0.25) is 9.59 Å². The third-order valence-electron chi connectivity index (χ3n) is 5.69. The van der Waals surface area contributed by atoms with Crippen LogP contribution >= 0.6 is 11.3 Å². The van der Waals surface area contributed by atoms with E-state index in [0.717, 1.165) is 4.88 Å². The Morgan fingerprint density at radius 1 is 1.09 bits per heavy atom. The zero-order chi connectivity index (χ0) is 22.9. The number of likely N-dealkylation sites (tertiary alicyclic amines) is 1. The molecule has 3 heterocycles. The Labute approximate surface area is 194 Å². The van der Waals surface area contributed by atoms with Crippen molar-refractivity contribution >= 4 is 28.8 Å². The summed E-state index contributed by atoms with van der Waals surface area (Å²) in [6, 6.07) is 15.2. The number of amides is 1.